The first-order chi connectivity index (χ1) is 10.9. The third kappa shape index (κ3) is 2.72. The van der Waals surface area contributed by atoms with Crippen LogP contribution < -0.4 is 10.6 Å². The minimum absolute atomic E-state index is 0.0668. The number of aryl methyl sites for hydroxylation is 1. The van der Waals surface area contributed by atoms with Crippen molar-refractivity contribution >= 4 is 11.8 Å². The SMILES string of the molecule is Cn1cc(C(=O)N[C@H]2[C@H](c3ccccc3)NC(=O)C2(C)C)cn1. The van der Waals surface area contributed by atoms with Gasteiger partial charge < -0.3 is 10.6 Å². The first-order valence-corrected chi connectivity index (χ1v) is 7.55. The van der Waals surface area contributed by atoms with Crippen LogP contribution in [0.4, 0.5) is 0 Å². The summed E-state index contributed by atoms with van der Waals surface area (Å²) in [5, 5.41) is 10.0. The molecule has 23 heavy (non-hydrogen) atoms. The molecule has 120 valence electrons. The second-order valence-electron chi connectivity index (χ2n) is 6.44. The molecule has 2 heterocycles. The van der Waals surface area contributed by atoms with Crippen molar-refractivity contribution in [2.75, 3.05) is 0 Å². The zero-order valence-corrected chi connectivity index (χ0v) is 13.4. The van der Waals surface area contributed by atoms with Gasteiger partial charge in [-0.2, -0.15) is 5.10 Å². The van der Waals surface area contributed by atoms with Crippen LogP contribution in [0.5, 0.6) is 0 Å². The van der Waals surface area contributed by atoms with Crippen LogP contribution in [0.25, 0.3) is 0 Å². The lowest BCUT2D eigenvalue weighted by Gasteiger charge is -2.28. The molecule has 2 N–H and O–H groups in total. The first-order valence-electron chi connectivity index (χ1n) is 7.55. The van der Waals surface area contributed by atoms with Crippen LogP contribution >= 0.6 is 0 Å². The summed E-state index contributed by atoms with van der Waals surface area (Å²) < 4.78 is 1.58. The molecule has 0 bridgehead atoms. The molecule has 1 fully saturated rings. The summed E-state index contributed by atoms with van der Waals surface area (Å²) >= 11 is 0. The van der Waals surface area contributed by atoms with E-state index in [1.807, 2.05) is 44.2 Å². The molecule has 1 aromatic carbocycles. The molecule has 2 aromatic rings. The van der Waals surface area contributed by atoms with Crippen molar-refractivity contribution in [2.24, 2.45) is 12.5 Å². The lowest BCUT2D eigenvalue weighted by molar-refractivity contribution is -0.126. The van der Waals surface area contributed by atoms with Gasteiger partial charge in [0.15, 0.2) is 0 Å². The highest BCUT2D eigenvalue weighted by Gasteiger charge is 2.49. The summed E-state index contributed by atoms with van der Waals surface area (Å²) in [4.78, 5) is 24.8. The molecule has 1 aliphatic rings. The number of amides is 2. The predicted octanol–water partition coefficient (Wildman–Crippen LogP) is 1.42. The van der Waals surface area contributed by atoms with E-state index in [-0.39, 0.29) is 23.9 Å². The average molecular weight is 312 g/mol. The molecule has 0 spiro atoms. The van der Waals surface area contributed by atoms with Gasteiger partial charge in [-0.3, -0.25) is 14.3 Å². The first kappa shape index (κ1) is 15.3. The molecule has 1 aliphatic heterocycles. The summed E-state index contributed by atoms with van der Waals surface area (Å²) in [6, 6.07) is 9.09. The molecule has 2 amide bonds. The Morgan fingerprint density at radius 1 is 1.30 bits per heavy atom. The number of nitrogens with zero attached hydrogens (tertiary/aromatic N) is 2. The van der Waals surface area contributed by atoms with Gasteiger partial charge in [0.2, 0.25) is 5.91 Å². The van der Waals surface area contributed by atoms with Crippen LogP contribution in [-0.2, 0) is 11.8 Å². The van der Waals surface area contributed by atoms with E-state index >= 15 is 0 Å². The van der Waals surface area contributed by atoms with Crippen LogP contribution in [0.3, 0.4) is 0 Å². The number of benzene rings is 1. The fourth-order valence-electron chi connectivity index (χ4n) is 2.93. The van der Waals surface area contributed by atoms with E-state index in [2.05, 4.69) is 15.7 Å². The van der Waals surface area contributed by atoms with E-state index in [1.165, 1.54) is 6.20 Å². The fraction of sp³-hybridized carbons (Fsp3) is 0.353. The van der Waals surface area contributed by atoms with Crippen LogP contribution in [-0.4, -0.2) is 27.6 Å². The van der Waals surface area contributed by atoms with Crippen molar-refractivity contribution in [2.45, 2.75) is 25.9 Å². The molecular formula is C17H20N4O2. The van der Waals surface area contributed by atoms with Crippen LogP contribution in [0.1, 0.15) is 35.8 Å². The van der Waals surface area contributed by atoms with Gasteiger partial charge in [-0.05, 0) is 19.4 Å². The third-order valence-corrected chi connectivity index (χ3v) is 4.40. The smallest absolute Gasteiger partial charge is 0.254 e. The van der Waals surface area contributed by atoms with Gasteiger partial charge in [0.05, 0.1) is 29.3 Å². The maximum absolute atomic E-state index is 12.5. The molecular weight excluding hydrogens is 292 g/mol. The van der Waals surface area contributed by atoms with E-state index in [0.29, 0.717) is 5.56 Å². The van der Waals surface area contributed by atoms with Crippen molar-refractivity contribution in [1.29, 1.82) is 0 Å². The van der Waals surface area contributed by atoms with Gasteiger partial charge in [0.1, 0.15) is 0 Å². The third-order valence-electron chi connectivity index (χ3n) is 4.40. The predicted molar refractivity (Wildman–Crippen MR) is 85.6 cm³/mol. The normalized spacial score (nSPS) is 22.7. The number of carbonyl (C=O) groups is 2. The van der Waals surface area contributed by atoms with Gasteiger partial charge in [0.25, 0.3) is 5.91 Å². The van der Waals surface area contributed by atoms with E-state index in [9.17, 15) is 9.59 Å². The topological polar surface area (TPSA) is 76.0 Å². The number of aromatic nitrogens is 2. The highest BCUT2D eigenvalue weighted by Crippen LogP contribution is 2.37. The zero-order valence-electron chi connectivity index (χ0n) is 13.4. The molecule has 0 aliphatic carbocycles. The van der Waals surface area contributed by atoms with Gasteiger partial charge >= 0.3 is 0 Å². The second-order valence-corrected chi connectivity index (χ2v) is 6.44. The van der Waals surface area contributed by atoms with Gasteiger partial charge in [-0.1, -0.05) is 30.3 Å². The van der Waals surface area contributed by atoms with Crippen molar-refractivity contribution < 1.29 is 9.59 Å². The fourth-order valence-corrected chi connectivity index (χ4v) is 2.93. The van der Waals surface area contributed by atoms with Crippen LogP contribution in [0.2, 0.25) is 0 Å². The van der Waals surface area contributed by atoms with Crippen molar-refractivity contribution in [3.05, 3.63) is 53.9 Å². The summed E-state index contributed by atoms with van der Waals surface area (Å²) in [5.41, 5.74) is 0.760. The Labute approximate surface area is 134 Å². The lowest BCUT2D eigenvalue weighted by atomic mass is 9.82. The standard InChI is InChI=1S/C17H20N4O2/c1-17(2)14(20-15(22)12-9-18-21(3)10-12)13(19-16(17)23)11-7-5-4-6-8-11/h4-10,13-14H,1-3H3,(H,19,23)(H,20,22)/t13-,14-/m0/s1. The second kappa shape index (κ2) is 5.53. The van der Waals surface area contributed by atoms with Gasteiger partial charge in [-0.25, -0.2) is 0 Å². The number of rotatable bonds is 3. The highest BCUT2D eigenvalue weighted by molar-refractivity contribution is 5.95. The quantitative estimate of drug-likeness (QED) is 0.900. The Balaban J connectivity index is 1.89. The lowest BCUT2D eigenvalue weighted by Crippen LogP contribution is -2.46. The van der Waals surface area contributed by atoms with Crippen molar-refractivity contribution in [1.82, 2.24) is 20.4 Å². The van der Waals surface area contributed by atoms with Gasteiger partial charge in [-0.15, -0.1) is 0 Å². The van der Waals surface area contributed by atoms with E-state index < -0.39 is 5.41 Å². The Bertz CT molecular complexity index is 736. The Morgan fingerprint density at radius 2 is 2.00 bits per heavy atom. The largest absolute Gasteiger partial charge is 0.347 e. The Morgan fingerprint density at radius 3 is 2.61 bits per heavy atom. The summed E-state index contributed by atoms with van der Waals surface area (Å²) in [5.74, 6) is -0.295. The maximum atomic E-state index is 12.5. The van der Waals surface area contributed by atoms with E-state index in [4.69, 9.17) is 0 Å². The highest BCUT2D eigenvalue weighted by atomic mass is 16.2. The van der Waals surface area contributed by atoms with Crippen molar-refractivity contribution in [3.63, 3.8) is 0 Å². The average Bonchev–Trinajstić information content (AvgIpc) is 3.05. The Hall–Kier alpha value is -2.63. The van der Waals surface area contributed by atoms with Crippen molar-refractivity contribution in [3.8, 4) is 0 Å². The molecule has 3 rings (SSSR count). The number of nitrogens with one attached hydrogen (secondary N) is 2. The number of hydrogen-bond acceptors (Lipinski definition) is 3. The number of carbonyl (C=O) groups excluding carboxylic acids is 2. The maximum Gasteiger partial charge on any atom is 0.254 e. The molecule has 0 saturated carbocycles. The number of hydrogen-bond donors (Lipinski definition) is 2. The minimum Gasteiger partial charge on any atom is -0.347 e. The summed E-state index contributed by atoms with van der Waals surface area (Å²) in [7, 11) is 1.76. The molecule has 1 aromatic heterocycles. The van der Waals surface area contributed by atoms with Gasteiger partial charge in [0, 0.05) is 13.2 Å². The summed E-state index contributed by atoms with van der Waals surface area (Å²) in [6.45, 7) is 3.69. The zero-order chi connectivity index (χ0) is 16.6. The minimum atomic E-state index is -0.696. The molecule has 0 radical (unpaired) electrons. The van der Waals surface area contributed by atoms with E-state index in [0.717, 1.165) is 5.56 Å². The van der Waals surface area contributed by atoms with Crippen LogP contribution in [0, 0.1) is 5.41 Å². The van der Waals surface area contributed by atoms with E-state index in [1.54, 1.807) is 17.9 Å². The molecule has 6 heteroatoms. The molecule has 2 atom stereocenters. The monoisotopic (exact) mass is 312 g/mol. The van der Waals surface area contributed by atoms with Crippen LogP contribution in [0.15, 0.2) is 42.7 Å². The summed E-state index contributed by atoms with van der Waals surface area (Å²) in [6.07, 6.45) is 3.17. The Kier molecular flexibility index (Phi) is 3.67. The molecule has 1 saturated heterocycles. The molecule has 6 nitrogen and oxygen atoms in total. The molecule has 0 unspecified atom stereocenters.